The molecule has 0 amide bonds. The second-order valence-corrected chi connectivity index (χ2v) is 16.3. The van der Waals surface area contributed by atoms with Crippen molar-refractivity contribution in [2.24, 2.45) is 0 Å². The maximum absolute atomic E-state index is 7.86. The van der Waals surface area contributed by atoms with Gasteiger partial charge in [-0.1, -0.05) is 72.1 Å². The minimum atomic E-state index is -0.00148. The number of hydrogen-bond donors (Lipinski definition) is 20. The number of halogens is 4. The molecule has 0 aliphatic heterocycles. The van der Waals surface area contributed by atoms with E-state index in [1.165, 1.54) is 0 Å². The molecule has 0 unspecified atom stereocenters. The molecule has 4 aromatic rings. The number of anilines is 4. The van der Waals surface area contributed by atoms with Gasteiger partial charge in [-0.15, -0.1) is 0 Å². The first kappa shape index (κ1) is 55.3. The van der Waals surface area contributed by atoms with Crippen LogP contribution >= 0.6 is 46.4 Å². The minimum Gasteiger partial charge on any atom is -0.356 e. The normalized spacial score (nSPS) is 10.1. The predicted octanol–water partition coefficient (Wildman–Crippen LogP) is 8.35. The summed E-state index contributed by atoms with van der Waals surface area (Å²) in [5, 5.41) is 99.0. The third-order valence-corrected chi connectivity index (χ3v) is 9.88. The largest absolute Gasteiger partial charge is 0.356 e. The van der Waals surface area contributed by atoms with Crippen LogP contribution in [0.15, 0.2) is 97.1 Å². The van der Waals surface area contributed by atoms with E-state index in [4.69, 9.17) is 89.7 Å². The van der Waals surface area contributed by atoms with Crippen molar-refractivity contribution in [3.05, 3.63) is 117 Å². The van der Waals surface area contributed by atoms with Gasteiger partial charge >= 0.3 is 0 Å². The highest BCUT2D eigenvalue weighted by Crippen LogP contribution is 2.16. The number of guanidine groups is 8. The number of hydrogen-bond acceptors (Lipinski definition) is 8. The zero-order valence-electron chi connectivity index (χ0n) is 37.2. The Morgan fingerprint density at radius 1 is 0.265 bits per heavy atom. The summed E-state index contributed by atoms with van der Waals surface area (Å²) in [6.07, 6.45) is 7.41. The summed E-state index contributed by atoms with van der Waals surface area (Å²) in [5.41, 5.74) is 2.84. The lowest BCUT2D eigenvalue weighted by atomic mass is 10.2. The summed E-state index contributed by atoms with van der Waals surface area (Å²) in [6.45, 7) is 2.49. The van der Waals surface area contributed by atoms with Crippen molar-refractivity contribution in [1.29, 1.82) is 43.3 Å². The molecule has 68 heavy (non-hydrogen) atoms. The lowest BCUT2D eigenvalue weighted by Crippen LogP contribution is -2.43. The SMILES string of the molecule is N=C(NCCCCCCNC(=N)NC(=N)Nc1ccc(Cl)cc1)NC(=N)Nc1ccc(Cl)cc1.N=C(NCCCCCCNC(=N)NC(=N)Nc1ccc(Cl)cc1)NC(=N)Nc1ccc(Cl)cc1. The summed E-state index contributed by atoms with van der Waals surface area (Å²) in [7, 11) is 0. The van der Waals surface area contributed by atoms with Gasteiger partial charge in [0.1, 0.15) is 0 Å². The minimum absolute atomic E-state index is 0.00148. The standard InChI is InChI=1S/2C22H30Cl2N10/c2*23-15-5-9-17(10-6-15)31-21(27)33-19(25)29-13-3-1-2-4-14-30-20(26)34-22(28)32-18-11-7-16(24)8-12-18/h2*5-12H,1-4,13-14H2,(H5,25,27,29,31,33)(H5,26,28,30,32,34). The van der Waals surface area contributed by atoms with Crippen molar-refractivity contribution >= 4 is 117 Å². The van der Waals surface area contributed by atoms with Gasteiger partial charge in [-0.3, -0.25) is 64.5 Å². The zero-order valence-corrected chi connectivity index (χ0v) is 40.3. The quantitative estimate of drug-likeness (QED) is 0.0254. The molecule has 0 aliphatic rings. The van der Waals surface area contributed by atoms with Gasteiger partial charge in [0.15, 0.2) is 47.7 Å². The molecule has 364 valence electrons. The van der Waals surface area contributed by atoms with Gasteiger partial charge < -0.3 is 42.5 Å². The van der Waals surface area contributed by atoms with E-state index < -0.39 is 0 Å². The van der Waals surface area contributed by atoms with E-state index in [-0.39, 0.29) is 47.7 Å². The summed E-state index contributed by atoms with van der Waals surface area (Å²) in [4.78, 5) is 0. The van der Waals surface area contributed by atoms with Gasteiger partial charge in [0.2, 0.25) is 0 Å². The van der Waals surface area contributed by atoms with Gasteiger partial charge in [-0.05, 0) is 123 Å². The lowest BCUT2D eigenvalue weighted by Gasteiger charge is -2.13. The molecule has 0 saturated heterocycles. The number of benzene rings is 4. The smallest absolute Gasteiger partial charge is 0.199 e. The van der Waals surface area contributed by atoms with E-state index in [2.05, 4.69) is 63.8 Å². The molecule has 20 nitrogen and oxygen atoms in total. The van der Waals surface area contributed by atoms with Crippen LogP contribution in [-0.2, 0) is 0 Å². The van der Waals surface area contributed by atoms with E-state index in [1.807, 2.05) is 0 Å². The Bertz CT molecular complexity index is 1920. The second kappa shape index (κ2) is 31.8. The Morgan fingerprint density at radius 2 is 0.441 bits per heavy atom. The van der Waals surface area contributed by atoms with Gasteiger partial charge in [0, 0.05) is 69.0 Å². The van der Waals surface area contributed by atoms with Crippen LogP contribution in [-0.4, -0.2) is 73.9 Å². The molecule has 24 heteroatoms. The van der Waals surface area contributed by atoms with Crippen LogP contribution in [0, 0.1) is 43.3 Å². The van der Waals surface area contributed by atoms with Crippen LogP contribution in [0.2, 0.25) is 20.1 Å². The fourth-order valence-electron chi connectivity index (χ4n) is 5.57. The molecular weight excluding hydrogens is 950 g/mol. The molecule has 4 aromatic carbocycles. The third-order valence-electron chi connectivity index (χ3n) is 8.87. The predicted molar refractivity (Wildman–Crippen MR) is 284 cm³/mol. The molecule has 20 N–H and O–H groups in total. The summed E-state index contributed by atoms with van der Waals surface area (Å²) in [6, 6.07) is 27.8. The lowest BCUT2D eigenvalue weighted by molar-refractivity contribution is 0.619. The monoisotopic (exact) mass is 1010 g/mol. The highest BCUT2D eigenvalue weighted by Gasteiger charge is 2.06. The Balaban J connectivity index is 0.000000360. The van der Waals surface area contributed by atoms with Crippen LogP contribution in [0.1, 0.15) is 51.4 Å². The van der Waals surface area contributed by atoms with Crippen molar-refractivity contribution in [3.63, 3.8) is 0 Å². The van der Waals surface area contributed by atoms with Gasteiger partial charge in [-0.2, -0.15) is 0 Å². The third kappa shape index (κ3) is 26.2. The van der Waals surface area contributed by atoms with Crippen LogP contribution in [0.25, 0.3) is 0 Å². The second-order valence-electron chi connectivity index (χ2n) is 14.6. The zero-order chi connectivity index (χ0) is 49.5. The van der Waals surface area contributed by atoms with Crippen molar-refractivity contribution < 1.29 is 0 Å². The Hall–Kier alpha value is -7.00. The molecular formula is C44H60Cl4N20. The topological polar surface area (TPSA) is 335 Å². The number of rotatable bonds is 18. The highest BCUT2D eigenvalue weighted by molar-refractivity contribution is 6.31. The molecule has 0 aromatic heterocycles. The van der Waals surface area contributed by atoms with Crippen molar-refractivity contribution in [1.82, 2.24) is 42.5 Å². The molecule has 4 rings (SSSR count). The fraction of sp³-hybridized carbons (Fsp3) is 0.273. The molecule has 0 saturated carbocycles. The molecule has 0 atom stereocenters. The first-order chi connectivity index (χ1) is 32.6. The first-order valence-electron chi connectivity index (χ1n) is 21.5. The summed E-state index contributed by atoms with van der Waals surface area (Å²) >= 11 is 23.3. The van der Waals surface area contributed by atoms with E-state index in [0.29, 0.717) is 69.0 Å². The molecule has 0 spiro atoms. The van der Waals surface area contributed by atoms with Gasteiger partial charge in [0.25, 0.3) is 0 Å². The van der Waals surface area contributed by atoms with Crippen LogP contribution in [0.5, 0.6) is 0 Å². The molecule has 0 aliphatic carbocycles. The Labute approximate surface area is 416 Å². The van der Waals surface area contributed by atoms with Crippen LogP contribution in [0.4, 0.5) is 22.7 Å². The van der Waals surface area contributed by atoms with E-state index in [9.17, 15) is 0 Å². The highest BCUT2D eigenvalue weighted by atomic mass is 35.5. The molecule has 0 fully saturated rings. The Kier molecular flexibility index (Phi) is 25.9. The molecule has 0 bridgehead atoms. The summed E-state index contributed by atoms with van der Waals surface area (Å²) < 4.78 is 0. The van der Waals surface area contributed by atoms with E-state index in [0.717, 1.165) is 51.4 Å². The van der Waals surface area contributed by atoms with Crippen molar-refractivity contribution in [2.45, 2.75) is 51.4 Å². The molecule has 0 radical (unpaired) electrons. The Morgan fingerprint density at radius 3 is 0.618 bits per heavy atom. The first-order valence-corrected chi connectivity index (χ1v) is 23.0. The van der Waals surface area contributed by atoms with Crippen molar-refractivity contribution in [3.8, 4) is 0 Å². The number of nitrogens with one attached hydrogen (secondary N) is 20. The van der Waals surface area contributed by atoms with E-state index >= 15 is 0 Å². The van der Waals surface area contributed by atoms with Crippen LogP contribution < -0.4 is 63.8 Å². The van der Waals surface area contributed by atoms with Gasteiger partial charge in [0.05, 0.1) is 0 Å². The maximum Gasteiger partial charge on any atom is 0.199 e. The summed E-state index contributed by atoms with van der Waals surface area (Å²) in [5.74, 6) is 0.225. The maximum atomic E-state index is 7.86. The van der Waals surface area contributed by atoms with Crippen molar-refractivity contribution in [2.75, 3.05) is 47.4 Å². The van der Waals surface area contributed by atoms with Crippen LogP contribution in [0.3, 0.4) is 0 Å². The van der Waals surface area contributed by atoms with Gasteiger partial charge in [-0.25, -0.2) is 0 Å². The molecule has 0 heterocycles. The fourth-order valence-corrected chi connectivity index (χ4v) is 6.08. The van der Waals surface area contributed by atoms with E-state index in [1.54, 1.807) is 97.1 Å². The number of unbranched alkanes of at least 4 members (excludes halogenated alkanes) is 6. The average Bonchev–Trinajstić information content (AvgIpc) is 3.28. The average molecular weight is 1010 g/mol.